The highest BCUT2D eigenvalue weighted by Crippen LogP contribution is 2.16. The van der Waals surface area contributed by atoms with Crippen LogP contribution in [-0.2, 0) is 11.0 Å². The van der Waals surface area contributed by atoms with E-state index in [2.05, 4.69) is 6.92 Å². The van der Waals surface area contributed by atoms with Gasteiger partial charge >= 0.3 is 0 Å². The van der Waals surface area contributed by atoms with Crippen molar-refractivity contribution in [2.24, 2.45) is 0 Å². The monoisotopic (exact) mass is 198 g/mol. The molecule has 0 heterocycles. The Bertz CT molecular complexity index is 256. The van der Waals surface area contributed by atoms with Gasteiger partial charge in [0.15, 0.2) is 0 Å². The molecular formula is C10H15O2P. The van der Waals surface area contributed by atoms with Crippen molar-refractivity contribution in [1.82, 2.24) is 0 Å². The fourth-order valence-electron chi connectivity index (χ4n) is 1.17. The van der Waals surface area contributed by atoms with E-state index in [1.54, 1.807) is 0 Å². The number of unbranched alkanes of at least 4 members (excludes halogenated alkanes) is 1. The second kappa shape index (κ2) is 5.82. The van der Waals surface area contributed by atoms with Crippen molar-refractivity contribution in [3.05, 3.63) is 29.8 Å². The molecule has 1 unspecified atom stereocenters. The Hall–Kier alpha value is -0.750. The van der Waals surface area contributed by atoms with Crippen LogP contribution in [0.4, 0.5) is 0 Å². The van der Waals surface area contributed by atoms with E-state index in [4.69, 9.17) is 4.52 Å². The van der Waals surface area contributed by atoms with Crippen LogP contribution in [0.2, 0.25) is 0 Å². The molecule has 0 amide bonds. The maximum Gasteiger partial charge on any atom is 0.225 e. The molecule has 0 saturated heterocycles. The molecule has 3 heteroatoms. The zero-order valence-corrected chi connectivity index (χ0v) is 8.98. The predicted octanol–water partition coefficient (Wildman–Crippen LogP) is 3.08. The number of rotatable bonds is 5. The second-order valence-electron chi connectivity index (χ2n) is 2.96. The molecule has 0 fully saturated rings. The van der Waals surface area contributed by atoms with E-state index < -0.39 is 8.69 Å². The molecule has 13 heavy (non-hydrogen) atoms. The van der Waals surface area contributed by atoms with Crippen LogP contribution in [0.25, 0.3) is 0 Å². The van der Waals surface area contributed by atoms with E-state index in [0.717, 1.165) is 6.42 Å². The van der Waals surface area contributed by atoms with Gasteiger partial charge in [-0.2, -0.15) is 0 Å². The topological polar surface area (TPSA) is 26.3 Å². The summed E-state index contributed by atoms with van der Waals surface area (Å²) < 4.78 is 15.1. The third-order valence-electron chi connectivity index (χ3n) is 1.93. The Balaban J connectivity index is 2.53. The van der Waals surface area contributed by atoms with E-state index >= 15 is 0 Å². The molecule has 0 aromatic heterocycles. The van der Waals surface area contributed by atoms with Crippen LogP contribution < -0.4 is 4.52 Å². The highest BCUT2D eigenvalue weighted by Gasteiger charge is 1.93. The molecule has 0 bridgehead atoms. The number of aryl methyl sites for hydroxylation is 1. The molecule has 0 N–H and O–H groups in total. The van der Waals surface area contributed by atoms with E-state index in [-0.39, 0.29) is 0 Å². The van der Waals surface area contributed by atoms with Crippen molar-refractivity contribution in [3.63, 3.8) is 0 Å². The smallest absolute Gasteiger partial charge is 0.225 e. The summed E-state index contributed by atoms with van der Waals surface area (Å²) >= 11 is 0. The summed E-state index contributed by atoms with van der Waals surface area (Å²) in [6.45, 7) is 2.18. The van der Waals surface area contributed by atoms with Crippen LogP contribution in [0.3, 0.4) is 0 Å². The van der Waals surface area contributed by atoms with Gasteiger partial charge in [-0.25, -0.2) is 0 Å². The van der Waals surface area contributed by atoms with Gasteiger partial charge in [0.25, 0.3) is 0 Å². The molecule has 0 aliphatic rings. The zero-order chi connectivity index (χ0) is 9.52. The van der Waals surface area contributed by atoms with Crippen molar-refractivity contribution in [3.8, 4) is 5.75 Å². The van der Waals surface area contributed by atoms with Gasteiger partial charge in [-0.1, -0.05) is 25.5 Å². The molecule has 1 rings (SSSR count). The molecule has 72 valence electrons. The lowest BCUT2D eigenvalue weighted by atomic mass is 10.1. The first kappa shape index (κ1) is 10.3. The minimum atomic E-state index is -1.14. The fourth-order valence-corrected chi connectivity index (χ4v) is 1.44. The maximum atomic E-state index is 10.2. The van der Waals surface area contributed by atoms with Crippen LogP contribution in [0, 0.1) is 0 Å². The van der Waals surface area contributed by atoms with Gasteiger partial charge in [-0.15, -0.1) is 0 Å². The molecule has 0 saturated carbocycles. The van der Waals surface area contributed by atoms with Crippen LogP contribution in [0.1, 0.15) is 25.3 Å². The van der Waals surface area contributed by atoms with Gasteiger partial charge in [-0.05, 0) is 30.5 Å². The molecule has 0 spiro atoms. The largest absolute Gasteiger partial charge is 0.447 e. The molecule has 2 nitrogen and oxygen atoms in total. The second-order valence-corrected chi connectivity index (χ2v) is 3.39. The van der Waals surface area contributed by atoms with Crippen molar-refractivity contribution in [2.75, 3.05) is 0 Å². The van der Waals surface area contributed by atoms with Crippen LogP contribution in [0.5, 0.6) is 5.75 Å². The fraction of sp³-hybridized carbons (Fsp3) is 0.400. The Labute approximate surface area is 80.2 Å². The first-order chi connectivity index (χ1) is 6.36. The third-order valence-corrected chi connectivity index (χ3v) is 2.29. The van der Waals surface area contributed by atoms with Crippen LogP contribution in [-0.4, -0.2) is 0 Å². The average molecular weight is 198 g/mol. The van der Waals surface area contributed by atoms with Crippen molar-refractivity contribution in [2.45, 2.75) is 26.2 Å². The summed E-state index contributed by atoms with van der Waals surface area (Å²) in [7, 11) is -1.14. The first-order valence-electron chi connectivity index (χ1n) is 4.56. The summed E-state index contributed by atoms with van der Waals surface area (Å²) in [6, 6.07) is 7.80. The molecule has 1 atom stereocenters. The van der Waals surface area contributed by atoms with Gasteiger partial charge in [0.05, 0.1) is 0 Å². The Morgan fingerprint density at radius 1 is 1.31 bits per heavy atom. The summed E-state index contributed by atoms with van der Waals surface area (Å²) in [5.74, 6) is 0.699. The highest BCUT2D eigenvalue weighted by molar-refractivity contribution is 7.17. The summed E-state index contributed by atoms with van der Waals surface area (Å²) in [5, 5.41) is 0. The van der Waals surface area contributed by atoms with Crippen molar-refractivity contribution in [1.29, 1.82) is 0 Å². The van der Waals surface area contributed by atoms with Gasteiger partial charge in [-0.3, -0.25) is 4.57 Å². The van der Waals surface area contributed by atoms with E-state index in [1.165, 1.54) is 18.4 Å². The lowest BCUT2D eigenvalue weighted by molar-refractivity contribution is 0.525. The third kappa shape index (κ3) is 3.65. The zero-order valence-electron chi connectivity index (χ0n) is 7.82. The van der Waals surface area contributed by atoms with E-state index in [1.807, 2.05) is 24.3 Å². The van der Waals surface area contributed by atoms with Crippen molar-refractivity contribution >= 4 is 8.69 Å². The van der Waals surface area contributed by atoms with Gasteiger partial charge in [0.2, 0.25) is 8.69 Å². The number of benzene rings is 1. The van der Waals surface area contributed by atoms with Crippen molar-refractivity contribution < 1.29 is 9.09 Å². The van der Waals surface area contributed by atoms with Crippen LogP contribution >= 0.6 is 8.69 Å². The molecule has 0 aliphatic carbocycles. The normalized spacial score (nSPS) is 10.8. The minimum Gasteiger partial charge on any atom is -0.447 e. The quantitative estimate of drug-likeness (QED) is 0.679. The van der Waals surface area contributed by atoms with Gasteiger partial charge in [0, 0.05) is 0 Å². The first-order valence-corrected chi connectivity index (χ1v) is 5.50. The van der Waals surface area contributed by atoms with Gasteiger partial charge < -0.3 is 4.52 Å². The minimum absolute atomic E-state index is 0.699. The molecule has 0 radical (unpaired) electrons. The molecular weight excluding hydrogens is 183 g/mol. The van der Waals surface area contributed by atoms with Crippen LogP contribution in [0.15, 0.2) is 24.3 Å². The summed E-state index contributed by atoms with van der Waals surface area (Å²) in [5.41, 5.74) is 1.31. The maximum absolute atomic E-state index is 10.2. The Kier molecular flexibility index (Phi) is 4.63. The summed E-state index contributed by atoms with van der Waals surface area (Å²) in [6.07, 6.45) is 3.54. The molecule has 1 aromatic rings. The molecule has 0 aliphatic heterocycles. The lowest BCUT2D eigenvalue weighted by Crippen LogP contribution is -1.84. The number of hydrogen-bond donors (Lipinski definition) is 0. The molecule has 1 aromatic carbocycles. The summed E-state index contributed by atoms with van der Waals surface area (Å²) in [4.78, 5) is 0. The number of hydrogen-bond acceptors (Lipinski definition) is 2. The lowest BCUT2D eigenvalue weighted by Gasteiger charge is -2.01. The Morgan fingerprint density at radius 2 is 2.00 bits per heavy atom. The standard InChI is InChI=1S/C10H15O2P/c1-2-3-4-9-5-7-10(8-6-9)12-13-11/h5-8H,2-4,13H2,1H3. The SMILES string of the molecule is CCCCc1ccc(O[PH2]=O)cc1. The van der Waals surface area contributed by atoms with E-state index in [9.17, 15) is 4.57 Å². The average Bonchev–Trinajstić information content (AvgIpc) is 2.17. The Morgan fingerprint density at radius 3 is 2.54 bits per heavy atom. The van der Waals surface area contributed by atoms with E-state index in [0.29, 0.717) is 5.75 Å². The van der Waals surface area contributed by atoms with Gasteiger partial charge in [0.1, 0.15) is 5.75 Å². The highest BCUT2D eigenvalue weighted by atomic mass is 31.1. The predicted molar refractivity (Wildman–Crippen MR) is 56.1 cm³/mol.